The van der Waals surface area contributed by atoms with Crippen LogP contribution in [0.25, 0.3) is 0 Å². The van der Waals surface area contributed by atoms with E-state index < -0.39 is 55.0 Å². The van der Waals surface area contributed by atoms with E-state index in [0.717, 1.165) is 0 Å². The molecular formula is C13H24N4O6S2. The molecule has 0 aromatic rings. The highest BCUT2D eigenvalue weighted by atomic mass is 32.2. The van der Waals surface area contributed by atoms with Crippen molar-refractivity contribution in [3.05, 3.63) is 0 Å². The molecule has 144 valence electrons. The highest BCUT2D eigenvalue weighted by molar-refractivity contribution is 7.98. The van der Waals surface area contributed by atoms with E-state index >= 15 is 0 Å². The van der Waals surface area contributed by atoms with Gasteiger partial charge in [-0.2, -0.15) is 24.4 Å². The Kier molecular flexibility index (Phi) is 12.0. The second-order valence-electron chi connectivity index (χ2n) is 4.99. The SMILES string of the molecule is CSCCC(NC(=O)C(N)CS)C(=O)NC(CO)C(=O)NCC(=O)O. The third-order valence-corrected chi connectivity index (χ3v) is 4.04. The first-order valence-electron chi connectivity index (χ1n) is 7.33. The van der Waals surface area contributed by atoms with E-state index in [1.165, 1.54) is 11.8 Å². The monoisotopic (exact) mass is 396 g/mol. The van der Waals surface area contributed by atoms with Crippen LogP contribution in [0.5, 0.6) is 0 Å². The molecule has 0 aliphatic carbocycles. The van der Waals surface area contributed by atoms with Gasteiger partial charge in [0.15, 0.2) is 0 Å². The Morgan fingerprint density at radius 2 is 1.72 bits per heavy atom. The summed E-state index contributed by atoms with van der Waals surface area (Å²) in [5, 5.41) is 24.6. The Hall–Kier alpha value is -1.50. The molecule has 0 aromatic carbocycles. The summed E-state index contributed by atoms with van der Waals surface area (Å²) in [6, 6.07) is -3.17. The second-order valence-corrected chi connectivity index (χ2v) is 6.34. The fraction of sp³-hybridized carbons (Fsp3) is 0.692. The van der Waals surface area contributed by atoms with Crippen LogP contribution in [0.1, 0.15) is 6.42 Å². The van der Waals surface area contributed by atoms with E-state index in [1.807, 2.05) is 6.26 Å². The number of hydrogen-bond donors (Lipinski definition) is 7. The van der Waals surface area contributed by atoms with Gasteiger partial charge in [-0.3, -0.25) is 19.2 Å². The average molecular weight is 396 g/mol. The number of carbonyl (C=O) groups is 4. The standard InChI is InChI=1S/C13H24N4O6S2/c1-25-3-2-8(16-11(21)7(14)6-24)13(23)17-9(5-18)12(22)15-4-10(19)20/h7-9,18,24H,2-6,14H2,1H3,(H,15,22)(H,16,21)(H,17,23)(H,19,20). The summed E-state index contributed by atoms with van der Waals surface area (Å²) < 4.78 is 0. The van der Waals surface area contributed by atoms with Crippen molar-refractivity contribution in [1.29, 1.82) is 0 Å². The molecule has 0 spiro atoms. The number of nitrogens with two attached hydrogens (primary N) is 1. The van der Waals surface area contributed by atoms with E-state index in [1.54, 1.807) is 0 Å². The van der Waals surface area contributed by atoms with Crippen LogP contribution in [0.4, 0.5) is 0 Å². The van der Waals surface area contributed by atoms with Crippen molar-refractivity contribution in [2.45, 2.75) is 24.5 Å². The predicted octanol–water partition coefficient (Wildman–Crippen LogP) is -2.84. The molecule has 0 radical (unpaired) electrons. The maximum atomic E-state index is 12.3. The Labute approximate surface area is 155 Å². The first kappa shape index (κ1) is 23.5. The van der Waals surface area contributed by atoms with Crippen LogP contribution in [0.15, 0.2) is 0 Å². The molecule has 0 fully saturated rings. The minimum Gasteiger partial charge on any atom is -0.480 e. The van der Waals surface area contributed by atoms with Crippen molar-refractivity contribution >= 4 is 48.1 Å². The number of carboxylic acid groups (broad SMARTS) is 1. The molecule has 0 bridgehead atoms. The molecule has 25 heavy (non-hydrogen) atoms. The Morgan fingerprint density at radius 1 is 1.12 bits per heavy atom. The number of rotatable bonds is 12. The number of aliphatic hydroxyl groups excluding tert-OH is 1. The summed E-state index contributed by atoms with van der Waals surface area (Å²) >= 11 is 5.37. The van der Waals surface area contributed by atoms with Crippen molar-refractivity contribution < 1.29 is 29.4 Å². The lowest BCUT2D eigenvalue weighted by molar-refractivity contribution is -0.138. The molecule has 7 N–H and O–H groups in total. The lowest BCUT2D eigenvalue weighted by atomic mass is 10.1. The fourth-order valence-electron chi connectivity index (χ4n) is 1.62. The third-order valence-electron chi connectivity index (χ3n) is 3.01. The highest BCUT2D eigenvalue weighted by Gasteiger charge is 2.27. The third kappa shape index (κ3) is 9.53. The Morgan fingerprint density at radius 3 is 2.20 bits per heavy atom. The van der Waals surface area contributed by atoms with Crippen LogP contribution in [0, 0.1) is 0 Å². The van der Waals surface area contributed by atoms with Crippen molar-refractivity contribution in [2.75, 3.05) is 30.9 Å². The smallest absolute Gasteiger partial charge is 0.322 e. The molecule has 0 heterocycles. The summed E-state index contributed by atoms with van der Waals surface area (Å²) in [5.41, 5.74) is 5.55. The van der Waals surface area contributed by atoms with E-state index in [2.05, 4.69) is 28.6 Å². The highest BCUT2D eigenvalue weighted by Crippen LogP contribution is 2.02. The van der Waals surface area contributed by atoms with Gasteiger partial charge in [-0.05, 0) is 18.4 Å². The number of amides is 3. The van der Waals surface area contributed by atoms with Gasteiger partial charge in [0.1, 0.15) is 18.6 Å². The molecule has 3 unspecified atom stereocenters. The van der Waals surface area contributed by atoms with Crippen LogP contribution in [-0.2, 0) is 19.2 Å². The molecule has 0 saturated carbocycles. The minimum absolute atomic E-state index is 0.0968. The maximum Gasteiger partial charge on any atom is 0.322 e. The lowest BCUT2D eigenvalue weighted by Crippen LogP contribution is -2.57. The average Bonchev–Trinajstić information content (AvgIpc) is 2.59. The van der Waals surface area contributed by atoms with Gasteiger partial charge >= 0.3 is 5.97 Å². The fourth-order valence-corrected chi connectivity index (χ4v) is 2.26. The first-order valence-corrected chi connectivity index (χ1v) is 9.35. The summed E-state index contributed by atoms with van der Waals surface area (Å²) in [7, 11) is 0. The van der Waals surface area contributed by atoms with Crippen LogP contribution < -0.4 is 21.7 Å². The molecule has 0 aliphatic heterocycles. The number of nitrogens with one attached hydrogen (secondary N) is 3. The first-order chi connectivity index (χ1) is 11.8. The zero-order valence-electron chi connectivity index (χ0n) is 13.7. The number of aliphatic carboxylic acids is 1. The number of carboxylic acids is 1. The van der Waals surface area contributed by atoms with Crippen molar-refractivity contribution in [2.24, 2.45) is 5.73 Å². The topological polar surface area (TPSA) is 171 Å². The van der Waals surface area contributed by atoms with Crippen molar-refractivity contribution in [3.8, 4) is 0 Å². The van der Waals surface area contributed by atoms with Gasteiger partial charge < -0.3 is 31.9 Å². The number of aliphatic hydroxyl groups is 1. The van der Waals surface area contributed by atoms with Crippen molar-refractivity contribution in [3.63, 3.8) is 0 Å². The molecule has 0 aromatic heterocycles. The van der Waals surface area contributed by atoms with Crippen LogP contribution in [0.2, 0.25) is 0 Å². The summed E-state index contributed by atoms with van der Waals surface area (Å²) in [4.78, 5) is 46.4. The normalized spacial score (nSPS) is 14.1. The molecule has 0 saturated heterocycles. The summed E-state index contributed by atoms with van der Waals surface area (Å²) in [6.07, 6.45) is 2.11. The Balaban J connectivity index is 4.87. The lowest BCUT2D eigenvalue weighted by Gasteiger charge is -2.22. The van der Waals surface area contributed by atoms with Gasteiger partial charge in [-0.25, -0.2) is 0 Å². The zero-order valence-corrected chi connectivity index (χ0v) is 15.4. The van der Waals surface area contributed by atoms with Gasteiger partial charge in [-0.1, -0.05) is 0 Å². The second kappa shape index (κ2) is 12.8. The van der Waals surface area contributed by atoms with Crippen molar-refractivity contribution in [1.82, 2.24) is 16.0 Å². The number of hydrogen-bond acceptors (Lipinski definition) is 8. The van der Waals surface area contributed by atoms with Crippen LogP contribution in [-0.4, -0.2) is 82.9 Å². The molecule has 0 aliphatic rings. The quantitative estimate of drug-likeness (QED) is 0.173. The predicted molar refractivity (Wildman–Crippen MR) is 96.4 cm³/mol. The van der Waals surface area contributed by atoms with Gasteiger partial charge in [0.2, 0.25) is 17.7 Å². The summed E-state index contributed by atoms with van der Waals surface area (Å²) in [6.45, 7) is -1.37. The molecule has 0 rings (SSSR count). The summed E-state index contributed by atoms with van der Waals surface area (Å²) in [5.74, 6) is -2.70. The molecule has 12 heteroatoms. The number of thioether (sulfide) groups is 1. The minimum atomic E-state index is -1.33. The maximum absolute atomic E-state index is 12.3. The largest absolute Gasteiger partial charge is 0.480 e. The molecule has 3 atom stereocenters. The van der Waals surface area contributed by atoms with Gasteiger partial charge in [0.25, 0.3) is 0 Å². The number of thiol groups is 1. The van der Waals surface area contributed by atoms with Gasteiger partial charge in [0, 0.05) is 5.75 Å². The van der Waals surface area contributed by atoms with Gasteiger partial charge in [0.05, 0.1) is 12.6 Å². The van der Waals surface area contributed by atoms with E-state index in [0.29, 0.717) is 5.75 Å². The Bertz CT molecular complexity index is 479. The van der Waals surface area contributed by atoms with E-state index in [9.17, 15) is 24.3 Å². The molecule has 10 nitrogen and oxygen atoms in total. The molecule has 3 amide bonds. The van der Waals surface area contributed by atoms with E-state index in [4.69, 9.17) is 10.8 Å². The van der Waals surface area contributed by atoms with Crippen LogP contribution in [0.3, 0.4) is 0 Å². The van der Waals surface area contributed by atoms with Gasteiger partial charge in [-0.15, -0.1) is 0 Å². The van der Waals surface area contributed by atoms with E-state index in [-0.39, 0.29) is 12.2 Å². The van der Waals surface area contributed by atoms with Crippen LogP contribution >= 0.6 is 24.4 Å². The molecular weight excluding hydrogens is 372 g/mol. The zero-order chi connectivity index (χ0) is 19.4. The number of carbonyl (C=O) groups excluding carboxylic acids is 3.